The molecule has 0 saturated carbocycles. The molecule has 3 rings (SSSR count). The van der Waals surface area contributed by atoms with Crippen molar-refractivity contribution >= 4 is 23.7 Å². The standard InChI is InChI=1S/C18H27N3O5/c1-12(18(25)26-2)19-9-5-8-15(22)20-10-3-6-13(20)17(24)21-11-4-7-14(21)16(19)23/h12-14H,3-11H2,1-2H3/t12-,13-,14-/m0/s1. The van der Waals surface area contributed by atoms with Gasteiger partial charge < -0.3 is 19.4 Å². The van der Waals surface area contributed by atoms with Gasteiger partial charge in [-0.2, -0.15) is 0 Å². The van der Waals surface area contributed by atoms with E-state index in [1.165, 1.54) is 12.0 Å². The Morgan fingerprint density at radius 2 is 1.58 bits per heavy atom. The average molecular weight is 365 g/mol. The Morgan fingerprint density at radius 1 is 0.962 bits per heavy atom. The summed E-state index contributed by atoms with van der Waals surface area (Å²) < 4.78 is 4.79. The topological polar surface area (TPSA) is 87.2 Å². The number of nitrogens with zero attached hydrogens (tertiary/aromatic N) is 3. The van der Waals surface area contributed by atoms with Gasteiger partial charge >= 0.3 is 5.97 Å². The van der Waals surface area contributed by atoms with E-state index in [1.807, 2.05) is 0 Å². The zero-order valence-corrected chi connectivity index (χ0v) is 15.5. The first-order valence-corrected chi connectivity index (χ1v) is 9.44. The van der Waals surface area contributed by atoms with Crippen LogP contribution in [0.1, 0.15) is 45.4 Å². The number of rotatable bonds is 2. The molecule has 8 nitrogen and oxygen atoms in total. The van der Waals surface area contributed by atoms with Crippen molar-refractivity contribution in [3.8, 4) is 0 Å². The van der Waals surface area contributed by atoms with Gasteiger partial charge in [-0.15, -0.1) is 0 Å². The van der Waals surface area contributed by atoms with Crippen LogP contribution in [0.4, 0.5) is 0 Å². The number of carbonyl (C=O) groups excluding carboxylic acids is 4. The summed E-state index contributed by atoms with van der Waals surface area (Å²) in [7, 11) is 1.29. The largest absolute Gasteiger partial charge is 0.467 e. The summed E-state index contributed by atoms with van der Waals surface area (Å²) in [4.78, 5) is 55.6. The minimum Gasteiger partial charge on any atom is -0.467 e. The molecule has 0 bridgehead atoms. The Balaban J connectivity index is 1.91. The molecule has 0 N–H and O–H groups in total. The molecule has 3 fully saturated rings. The monoisotopic (exact) mass is 365 g/mol. The van der Waals surface area contributed by atoms with Gasteiger partial charge in [0.15, 0.2) is 0 Å². The minimum absolute atomic E-state index is 0.0448. The zero-order chi connectivity index (χ0) is 18.8. The van der Waals surface area contributed by atoms with Gasteiger partial charge in [0.2, 0.25) is 17.7 Å². The van der Waals surface area contributed by atoms with E-state index in [0.29, 0.717) is 38.9 Å². The second kappa shape index (κ2) is 7.63. The fraction of sp³-hybridized carbons (Fsp3) is 0.778. The minimum atomic E-state index is -0.735. The predicted molar refractivity (Wildman–Crippen MR) is 91.9 cm³/mol. The van der Waals surface area contributed by atoms with E-state index in [9.17, 15) is 19.2 Å². The summed E-state index contributed by atoms with van der Waals surface area (Å²) >= 11 is 0. The van der Waals surface area contributed by atoms with Gasteiger partial charge in [0.25, 0.3) is 0 Å². The molecule has 3 saturated heterocycles. The van der Waals surface area contributed by atoms with Gasteiger partial charge in [-0.1, -0.05) is 0 Å². The lowest BCUT2D eigenvalue weighted by Crippen LogP contribution is -2.55. The summed E-state index contributed by atoms with van der Waals surface area (Å²) in [6, 6.07) is -1.73. The lowest BCUT2D eigenvalue weighted by Gasteiger charge is -2.34. The highest BCUT2D eigenvalue weighted by atomic mass is 16.5. The first kappa shape index (κ1) is 18.7. The normalized spacial score (nSPS) is 28.5. The quantitative estimate of drug-likeness (QED) is 0.650. The van der Waals surface area contributed by atoms with Gasteiger partial charge in [-0.25, -0.2) is 4.79 Å². The van der Waals surface area contributed by atoms with Crippen molar-refractivity contribution < 1.29 is 23.9 Å². The Morgan fingerprint density at radius 3 is 2.23 bits per heavy atom. The third-order valence-electron chi connectivity index (χ3n) is 5.76. The fourth-order valence-corrected chi connectivity index (χ4v) is 4.33. The van der Waals surface area contributed by atoms with Gasteiger partial charge in [0.1, 0.15) is 18.1 Å². The third kappa shape index (κ3) is 3.29. The van der Waals surface area contributed by atoms with Crippen molar-refractivity contribution in [2.24, 2.45) is 0 Å². The van der Waals surface area contributed by atoms with E-state index in [4.69, 9.17) is 4.74 Å². The van der Waals surface area contributed by atoms with Gasteiger partial charge in [0, 0.05) is 26.1 Å². The number of hydrogen-bond acceptors (Lipinski definition) is 5. The first-order valence-electron chi connectivity index (χ1n) is 9.44. The molecular weight excluding hydrogens is 338 g/mol. The van der Waals surface area contributed by atoms with Crippen molar-refractivity contribution in [3.05, 3.63) is 0 Å². The summed E-state index contributed by atoms with van der Waals surface area (Å²) in [5, 5.41) is 0. The zero-order valence-electron chi connectivity index (χ0n) is 15.5. The summed E-state index contributed by atoms with van der Waals surface area (Å²) in [6.07, 6.45) is 3.56. The maximum atomic E-state index is 13.2. The maximum absolute atomic E-state index is 13.2. The lowest BCUT2D eigenvalue weighted by molar-refractivity contribution is -0.155. The molecule has 0 unspecified atom stereocenters. The Kier molecular flexibility index (Phi) is 5.48. The van der Waals surface area contributed by atoms with E-state index in [2.05, 4.69) is 0 Å². The molecule has 3 heterocycles. The van der Waals surface area contributed by atoms with E-state index >= 15 is 0 Å². The van der Waals surface area contributed by atoms with Crippen LogP contribution in [0.25, 0.3) is 0 Å². The Hall–Kier alpha value is -2.12. The molecule has 0 aromatic rings. The molecule has 0 spiro atoms. The number of esters is 1. The molecule has 144 valence electrons. The van der Waals surface area contributed by atoms with Gasteiger partial charge in [-0.05, 0) is 39.0 Å². The molecule has 26 heavy (non-hydrogen) atoms. The average Bonchev–Trinajstić information content (AvgIpc) is 3.31. The molecule has 0 aliphatic carbocycles. The van der Waals surface area contributed by atoms with E-state index < -0.39 is 24.1 Å². The van der Waals surface area contributed by atoms with Crippen LogP contribution < -0.4 is 0 Å². The van der Waals surface area contributed by atoms with Crippen LogP contribution in [0.2, 0.25) is 0 Å². The van der Waals surface area contributed by atoms with Crippen molar-refractivity contribution in [2.45, 2.75) is 63.6 Å². The summed E-state index contributed by atoms with van der Waals surface area (Å²) in [5.41, 5.74) is 0. The number of methoxy groups -OCH3 is 1. The van der Waals surface area contributed by atoms with Crippen molar-refractivity contribution in [3.63, 3.8) is 0 Å². The number of hydrogen-bond donors (Lipinski definition) is 0. The first-order chi connectivity index (χ1) is 12.5. The highest BCUT2D eigenvalue weighted by Crippen LogP contribution is 2.28. The number of fused-ring (bicyclic) bond motifs is 2. The van der Waals surface area contributed by atoms with E-state index in [1.54, 1.807) is 16.7 Å². The number of carbonyl (C=O) groups is 4. The maximum Gasteiger partial charge on any atom is 0.328 e. The van der Waals surface area contributed by atoms with Crippen LogP contribution in [0.5, 0.6) is 0 Å². The van der Waals surface area contributed by atoms with Crippen LogP contribution in [-0.4, -0.2) is 83.3 Å². The molecule has 0 radical (unpaired) electrons. The summed E-state index contributed by atoms with van der Waals surface area (Å²) in [6.45, 7) is 3.06. The SMILES string of the molecule is COC(=O)[C@H](C)N1CCCC(=O)N2CCC[C@H]2C(=O)N2CCC[C@H]2C1=O. The van der Waals surface area contributed by atoms with Gasteiger partial charge in [0.05, 0.1) is 7.11 Å². The molecule has 0 aromatic heterocycles. The van der Waals surface area contributed by atoms with E-state index in [0.717, 1.165) is 12.8 Å². The van der Waals surface area contributed by atoms with Crippen LogP contribution in [-0.2, 0) is 23.9 Å². The Labute approximate surface area is 153 Å². The van der Waals surface area contributed by atoms with Crippen molar-refractivity contribution in [1.29, 1.82) is 0 Å². The van der Waals surface area contributed by atoms with Crippen molar-refractivity contribution in [1.82, 2.24) is 14.7 Å². The number of ether oxygens (including phenoxy) is 1. The molecule has 3 aliphatic rings. The molecule has 8 heteroatoms. The summed E-state index contributed by atoms with van der Waals surface area (Å²) in [5.74, 6) is -0.875. The fourth-order valence-electron chi connectivity index (χ4n) is 4.33. The Bertz CT molecular complexity index is 608. The van der Waals surface area contributed by atoms with Crippen molar-refractivity contribution in [2.75, 3.05) is 26.7 Å². The second-order valence-corrected chi connectivity index (χ2v) is 7.27. The van der Waals surface area contributed by atoms with Crippen LogP contribution >= 0.6 is 0 Å². The highest BCUT2D eigenvalue weighted by molar-refractivity contribution is 5.94. The lowest BCUT2D eigenvalue weighted by atomic mass is 10.1. The highest BCUT2D eigenvalue weighted by Gasteiger charge is 2.44. The molecule has 3 amide bonds. The molecular formula is C18H27N3O5. The molecule has 0 aromatic carbocycles. The number of amides is 3. The third-order valence-corrected chi connectivity index (χ3v) is 5.76. The van der Waals surface area contributed by atoms with Crippen LogP contribution in [0.15, 0.2) is 0 Å². The van der Waals surface area contributed by atoms with Gasteiger partial charge in [-0.3, -0.25) is 14.4 Å². The molecule has 3 atom stereocenters. The van der Waals surface area contributed by atoms with E-state index in [-0.39, 0.29) is 24.1 Å². The molecule has 3 aliphatic heterocycles. The van der Waals surface area contributed by atoms with Crippen LogP contribution in [0, 0.1) is 0 Å². The van der Waals surface area contributed by atoms with Crippen LogP contribution in [0.3, 0.4) is 0 Å². The smallest absolute Gasteiger partial charge is 0.328 e. The predicted octanol–water partition coefficient (Wildman–Crippen LogP) is 0.152. The second-order valence-electron chi connectivity index (χ2n) is 7.27.